The fraction of sp³-hybridized carbons (Fsp3) is 0.674. The zero-order chi connectivity index (χ0) is 34.1. The minimum atomic E-state index is -0.900. The van der Waals surface area contributed by atoms with Gasteiger partial charge in [0.25, 0.3) is 0 Å². The third-order valence-corrected chi connectivity index (χ3v) is 15.3. The summed E-state index contributed by atoms with van der Waals surface area (Å²) in [5.41, 5.74) is 2.53. The number of esters is 1. The molecule has 0 amide bonds. The molecule has 0 radical (unpaired) electrons. The number of benzene rings is 1. The summed E-state index contributed by atoms with van der Waals surface area (Å²) >= 11 is 0. The fourth-order valence-electron chi connectivity index (χ4n) is 12.8. The number of carbonyl (C=O) groups excluding carboxylic acids is 2. The van der Waals surface area contributed by atoms with Crippen molar-refractivity contribution in [2.24, 2.45) is 46.3 Å². The van der Waals surface area contributed by atoms with Crippen molar-refractivity contribution in [3.63, 3.8) is 0 Å². The molecule has 0 aliphatic heterocycles. The Hall–Kier alpha value is -3.02. The Kier molecular flexibility index (Phi) is 8.43. The summed E-state index contributed by atoms with van der Waals surface area (Å²) in [6.45, 7) is 5.97. The molecule has 1 aromatic carbocycles. The number of methoxy groups -OCH3 is 1. The van der Waals surface area contributed by atoms with Crippen LogP contribution >= 0.6 is 0 Å². The lowest BCUT2D eigenvalue weighted by Crippen LogP contribution is -2.53. The van der Waals surface area contributed by atoms with E-state index in [1.165, 1.54) is 30.0 Å². The maximum absolute atomic E-state index is 11.8. The molecule has 7 aliphatic rings. The van der Waals surface area contributed by atoms with Gasteiger partial charge in [0.2, 0.25) is 0 Å². The molecule has 0 spiro atoms. The lowest BCUT2D eigenvalue weighted by Gasteiger charge is -2.55. The number of ketones is 1. The van der Waals surface area contributed by atoms with Gasteiger partial charge in [-0.25, -0.2) is 0 Å². The van der Waals surface area contributed by atoms with Crippen LogP contribution in [0.4, 0.5) is 0 Å². The summed E-state index contributed by atoms with van der Waals surface area (Å²) in [5.74, 6) is 11.0. The van der Waals surface area contributed by atoms with E-state index in [0.29, 0.717) is 53.6 Å². The molecule has 1 N–H and O–H groups in total. The number of hydrogen-bond acceptors (Lipinski definition) is 5. The van der Waals surface area contributed by atoms with Crippen LogP contribution in [0.5, 0.6) is 5.75 Å². The van der Waals surface area contributed by atoms with Crippen LogP contribution in [0, 0.1) is 71.0 Å². The van der Waals surface area contributed by atoms with E-state index in [9.17, 15) is 14.7 Å². The van der Waals surface area contributed by atoms with Crippen LogP contribution in [0.2, 0.25) is 0 Å². The Morgan fingerprint density at radius 2 is 1.56 bits per heavy atom. The molecule has 11 atom stereocenters. The molecule has 11 unspecified atom stereocenters. The van der Waals surface area contributed by atoms with Gasteiger partial charge in [0.1, 0.15) is 11.4 Å². The summed E-state index contributed by atoms with van der Waals surface area (Å²) in [6.07, 6.45) is 27.9. The summed E-state index contributed by atoms with van der Waals surface area (Å²) in [5, 5.41) is 11.0. The van der Waals surface area contributed by atoms with Crippen LogP contribution in [0.15, 0.2) is 29.8 Å². The number of hydrogen-bond donors (Lipinski definition) is 1. The molecule has 8 rings (SSSR count). The molecule has 5 heteroatoms. The van der Waals surface area contributed by atoms with Crippen LogP contribution in [0.1, 0.15) is 121 Å². The lowest BCUT2D eigenvalue weighted by molar-refractivity contribution is -0.167. The summed E-state index contributed by atoms with van der Waals surface area (Å²) in [7, 11) is 1.73. The van der Waals surface area contributed by atoms with Gasteiger partial charge >= 0.3 is 5.97 Å². The first-order valence-corrected chi connectivity index (χ1v) is 18.7. The fourth-order valence-corrected chi connectivity index (χ4v) is 12.8. The number of rotatable bonds is 2. The molecule has 0 saturated heterocycles. The smallest absolute Gasteiger partial charge is 0.304 e. The van der Waals surface area contributed by atoms with Gasteiger partial charge in [-0.2, -0.15) is 0 Å². The second-order valence-electron chi connectivity index (χ2n) is 16.8. The molecule has 48 heavy (non-hydrogen) atoms. The Morgan fingerprint density at radius 1 is 0.833 bits per heavy atom. The number of aryl methyl sites for hydroxylation is 1. The van der Waals surface area contributed by atoms with Gasteiger partial charge in [-0.1, -0.05) is 37.3 Å². The first kappa shape index (κ1) is 33.5. The molecule has 0 heterocycles. The summed E-state index contributed by atoms with van der Waals surface area (Å²) in [4.78, 5) is 23.5. The maximum atomic E-state index is 11.8. The van der Waals surface area contributed by atoms with Crippen molar-refractivity contribution in [3.05, 3.63) is 41.0 Å². The molecule has 0 aromatic heterocycles. The monoisotopic (exact) mass is 650 g/mol. The van der Waals surface area contributed by atoms with E-state index in [-0.39, 0.29) is 16.8 Å². The van der Waals surface area contributed by atoms with E-state index in [2.05, 4.69) is 43.9 Å². The van der Waals surface area contributed by atoms with Gasteiger partial charge in [-0.3, -0.25) is 9.59 Å². The average molecular weight is 651 g/mol. The van der Waals surface area contributed by atoms with Crippen LogP contribution in [-0.4, -0.2) is 35.2 Å². The van der Waals surface area contributed by atoms with Gasteiger partial charge < -0.3 is 14.6 Å². The number of terminal acetylenes is 2. The number of aliphatic hydroxyl groups is 1. The maximum Gasteiger partial charge on any atom is 0.304 e. The van der Waals surface area contributed by atoms with Crippen LogP contribution in [0.25, 0.3) is 0 Å². The summed E-state index contributed by atoms with van der Waals surface area (Å²) in [6, 6.07) is 6.59. The van der Waals surface area contributed by atoms with Crippen LogP contribution in [-0.2, 0) is 20.7 Å². The van der Waals surface area contributed by atoms with Gasteiger partial charge in [-0.05, 0) is 154 Å². The normalized spacial score (nSPS) is 43.5. The molecule has 5 saturated carbocycles. The largest absolute Gasteiger partial charge is 0.497 e. The molecule has 1 aromatic rings. The van der Waals surface area contributed by atoms with Crippen molar-refractivity contribution in [3.8, 4) is 30.4 Å². The molecule has 256 valence electrons. The van der Waals surface area contributed by atoms with Crippen molar-refractivity contribution < 1.29 is 24.2 Å². The van der Waals surface area contributed by atoms with Crippen molar-refractivity contribution in [1.82, 2.24) is 0 Å². The first-order valence-electron chi connectivity index (χ1n) is 18.7. The second kappa shape index (κ2) is 12.1. The van der Waals surface area contributed by atoms with Crippen molar-refractivity contribution in [1.29, 1.82) is 0 Å². The number of ether oxygens (including phenoxy) is 2. The van der Waals surface area contributed by atoms with E-state index in [4.69, 9.17) is 22.3 Å². The van der Waals surface area contributed by atoms with E-state index in [1.807, 2.05) is 6.08 Å². The van der Waals surface area contributed by atoms with E-state index in [0.717, 1.165) is 82.8 Å². The minimum absolute atomic E-state index is 0.104. The van der Waals surface area contributed by atoms with Crippen LogP contribution in [0.3, 0.4) is 0 Å². The van der Waals surface area contributed by atoms with Crippen molar-refractivity contribution in [2.75, 3.05) is 7.11 Å². The Bertz CT molecular complexity index is 1590. The highest BCUT2D eigenvalue weighted by Gasteiger charge is 2.64. The molecule has 5 nitrogen and oxygen atoms in total. The third-order valence-electron chi connectivity index (χ3n) is 15.3. The average Bonchev–Trinajstić information content (AvgIpc) is 3.53. The van der Waals surface area contributed by atoms with Gasteiger partial charge in [-0.15, -0.1) is 12.8 Å². The Balaban J connectivity index is 0.000000152. The highest BCUT2D eigenvalue weighted by Crippen LogP contribution is 2.66. The van der Waals surface area contributed by atoms with E-state index < -0.39 is 11.2 Å². The second-order valence-corrected chi connectivity index (χ2v) is 16.8. The molecule has 7 aliphatic carbocycles. The topological polar surface area (TPSA) is 72.8 Å². The van der Waals surface area contributed by atoms with Crippen molar-refractivity contribution in [2.45, 2.75) is 128 Å². The van der Waals surface area contributed by atoms with Crippen LogP contribution < -0.4 is 4.74 Å². The van der Waals surface area contributed by atoms with Gasteiger partial charge in [0.15, 0.2) is 11.4 Å². The van der Waals surface area contributed by atoms with E-state index in [1.54, 1.807) is 7.11 Å². The highest BCUT2D eigenvalue weighted by atomic mass is 16.6. The quantitative estimate of drug-likeness (QED) is 0.260. The number of fused-ring (bicyclic) bond motifs is 10. The minimum Gasteiger partial charge on any atom is -0.497 e. The zero-order valence-electron chi connectivity index (χ0n) is 29.5. The zero-order valence-corrected chi connectivity index (χ0v) is 29.5. The first-order chi connectivity index (χ1) is 22.9. The molecular formula is C43H54O5. The predicted octanol–water partition coefficient (Wildman–Crippen LogP) is 7.98. The lowest BCUT2D eigenvalue weighted by atomic mass is 9.50. The standard InChI is InChI=1S/C22H28O3.C21H26O2/c1-4-22(25-14(2)23)12-10-20-19-7-5-15-13-16(24)6-8-17(15)18(19)9-11-21(20,22)3;1-4-21(22)12-10-19-18-7-5-14-13-15(23-3)6-8-16(14)17(18)9-11-20(19,21)2/h1,13,17-20H,5-12H2,2-3H3;1,6,8,13,17-19,22H,5,7,9-12H2,2-3H3. The number of allylic oxidation sites excluding steroid dienone is 1. The summed E-state index contributed by atoms with van der Waals surface area (Å²) < 4.78 is 11.2. The SMILES string of the molecule is C#CC1(O)CCC2C3CCc4cc(OC)ccc4C3CCC21C.C#CC1(OC(C)=O)CCC2C3CCC4=CC(=O)CCC4C3CCC21C. The molecular weight excluding hydrogens is 596 g/mol. The Labute approximate surface area is 288 Å². The molecule has 5 fully saturated rings. The van der Waals surface area contributed by atoms with Gasteiger partial charge in [0, 0.05) is 24.2 Å². The van der Waals surface area contributed by atoms with E-state index >= 15 is 0 Å². The van der Waals surface area contributed by atoms with Gasteiger partial charge in [0.05, 0.1) is 7.11 Å². The molecule has 0 bridgehead atoms. The Morgan fingerprint density at radius 3 is 2.29 bits per heavy atom. The highest BCUT2D eigenvalue weighted by molar-refractivity contribution is 5.91. The third kappa shape index (κ3) is 4.93. The van der Waals surface area contributed by atoms with Crippen molar-refractivity contribution >= 4 is 11.8 Å². The predicted molar refractivity (Wildman–Crippen MR) is 187 cm³/mol. The number of carbonyl (C=O) groups is 2.